The Kier molecular flexibility index (Phi) is 1.68. The summed E-state index contributed by atoms with van der Waals surface area (Å²) in [5.41, 5.74) is 0.815. The number of hydrogen-bond donors (Lipinski definition) is 0. The van der Waals surface area contributed by atoms with Crippen LogP contribution in [-0.4, -0.2) is 4.34 Å². The van der Waals surface area contributed by atoms with E-state index in [1.807, 2.05) is 6.07 Å². The Morgan fingerprint density at radius 1 is 1.67 bits per heavy atom. The number of pyridine rings is 1. The topological polar surface area (TPSA) is 22.0 Å². The minimum atomic E-state index is 0.0440. The fourth-order valence-corrected chi connectivity index (χ4v) is 0.926. The Hall–Kier alpha value is -0.620. The lowest BCUT2D eigenvalue weighted by Crippen LogP contribution is -2.12. The normalized spacial score (nSPS) is 9.56. The largest absolute Gasteiger partial charge is 0.300 e. The molecule has 1 aromatic rings. The summed E-state index contributed by atoms with van der Waals surface area (Å²) in [5, 5.41) is 0. The van der Waals surface area contributed by atoms with Crippen LogP contribution in [0.4, 0.5) is 0 Å². The summed E-state index contributed by atoms with van der Waals surface area (Å²) in [7, 11) is 2.33. The summed E-state index contributed by atoms with van der Waals surface area (Å²) in [6, 6.07) is 3.63. The van der Waals surface area contributed by atoms with Gasteiger partial charge < -0.3 is 0 Å². The highest BCUT2D eigenvalue weighted by molar-refractivity contribution is 7.14. The average molecular weight is 141 g/mol. The van der Waals surface area contributed by atoms with Gasteiger partial charge in [0.2, 0.25) is 0 Å². The molecular formula is C6H8NOP. The second kappa shape index (κ2) is 2.32. The number of nitrogens with zero attached hydrogens (tertiary/aromatic N) is 1. The monoisotopic (exact) mass is 141 g/mol. The first-order valence-corrected chi connectivity index (χ1v) is 3.17. The fourth-order valence-electron chi connectivity index (χ4n) is 0.623. The van der Waals surface area contributed by atoms with Crippen LogP contribution in [0.15, 0.2) is 23.1 Å². The lowest BCUT2D eigenvalue weighted by Gasteiger charge is -1.94. The third kappa shape index (κ3) is 1.19. The molecule has 1 unspecified atom stereocenters. The maximum Gasteiger partial charge on any atom is 0.256 e. The van der Waals surface area contributed by atoms with Gasteiger partial charge in [-0.1, -0.05) is 6.07 Å². The highest BCUT2D eigenvalue weighted by Crippen LogP contribution is 1.90. The summed E-state index contributed by atoms with van der Waals surface area (Å²) < 4.78 is 1.48. The van der Waals surface area contributed by atoms with Crippen molar-refractivity contribution < 1.29 is 0 Å². The lowest BCUT2D eigenvalue weighted by molar-refractivity contribution is 1.11. The minimum absolute atomic E-state index is 0.0440. The van der Waals surface area contributed by atoms with Gasteiger partial charge in [0.15, 0.2) is 0 Å². The maximum absolute atomic E-state index is 10.9. The molecule has 0 amide bonds. The first-order valence-electron chi connectivity index (χ1n) is 2.65. The Labute approximate surface area is 55.8 Å². The molecule has 1 atom stereocenters. The SMILES string of the molecule is Cc1cccn(P)c1=O. The van der Waals surface area contributed by atoms with Crippen LogP contribution in [0.1, 0.15) is 5.56 Å². The van der Waals surface area contributed by atoms with Gasteiger partial charge in [-0.3, -0.25) is 9.13 Å². The van der Waals surface area contributed by atoms with E-state index in [1.54, 1.807) is 19.2 Å². The summed E-state index contributed by atoms with van der Waals surface area (Å²) in [4.78, 5) is 10.9. The van der Waals surface area contributed by atoms with Crippen LogP contribution in [0.3, 0.4) is 0 Å². The van der Waals surface area contributed by atoms with Gasteiger partial charge in [-0.25, -0.2) is 0 Å². The molecule has 0 aliphatic carbocycles. The van der Waals surface area contributed by atoms with Gasteiger partial charge in [0.05, 0.1) is 0 Å². The van der Waals surface area contributed by atoms with E-state index in [9.17, 15) is 4.79 Å². The van der Waals surface area contributed by atoms with Crippen LogP contribution in [0, 0.1) is 6.92 Å². The van der Waals surface area contributed by atoms with E-state index in [0.29, 0.717) is 0 Å². The zero-order valence-corrected chi connectivity index (χ0v) is 6.32. The van der Waals surface area contributed by atoms with Gasteiger partial charge in [-0.05, 0) is 22.4 Å². The van der Waals surface area contributed by atoms with Crippen LogP contribution in [0.2, 0.25) is 0 Å². The molecule has 0 aliphatic rings. The quantitative estimate of drug-likeness (QED) is 0.490. The number of aromatic nitrogens is 1. The summed E-state index contributed by atoms with van der Waals surface area (Å²) in [6.45, 7) is 1.79. The number of aryl methyl sites for hydroxylation is 1. The Morgan fingerprint density at radius 3 is 2.78 bits per heavy atom. The molecule has 0 saturated carbocycles. The van der Waals surface area contributed by atoms with Crippen LogP contribution in [0.25, 0.3) is 0 Å². The third-order valence-corrected chi connectivity index (χ3v) is 1.57. The Morgan fingerprint density at radius 2 is 2.33 bits per heavy atom. The van der Waals surface area contributed by atoms with Crippen LogP contribution in [0.5, 0.6) is 0 Å². The summed E-state index contributed by atoms with van der Waals surface area (Å²) in [5.74, 6) is 0. The van der Waals surface area contributed by atoms with Crippen molar-refractivity contribution >= 4 is 9.39 Å². The van der Waals surface area contributed by atoms with Crippen molar-refractivity contribution in [2.75, 3.05) is 0 Å². The predicted octanol–water partition coefficient (Wildman–Crippen LogP) is 0.795. The van der Waals surface area contributed by atoms with Crippen molar-refractivity contribution in [1.82, 2.24) is 4.34 Å². The highest BCUT2D eigenvalue weighted by Gasteiger charge is 1.90. The lowest BCUT2D eigenvalue weighted by atomic mass is 10.3. The molecule has 0 fully saturated rings. The van der Waals surface area contributed by atoms with Crippen molar-refractivity contribution in [3.05, 3.63) is 34.2 Å². The fraction of sp³-hybridized carbons (Fsp3) is 0.167. The summed E-state index contributed by atoms with van der Waals surface area (Å²) in [6.07, 6.45) is 1.71. The van der Waals surface area contributed by atoms with Crippen molar-refractivity contribution in [2.45, 2.75) is 6.92 Å². The first-order chi connectivity index (χ1) is 4.22. The standard InChI is InChI=1S/C6H8NOP/c1-5-3-2-4-7(9)6(5)8/h2-4H,9H2,1H3. The Balaban J connectivity index is 3.43. The van der Waals surface area contributed by atoms with Gasteiger partial charge in [0.25, 0.3) is 5.56 Å². The number of hydrogen-bond acceptors (Lipinski definition) is 1. The summed E-state index contributed by atoms with van der Waals surface area (Å²) >= 11 is 0. The molecule has 0 aromatic carbocycles. The van der Waals surface area contributed by atoms with Crippen molar-refractivity contribution in [3.8, 4) is 0 Å². The molecule has 1 heterocycles. The van der Waals surface area contributed by atoms with Crippen LogP contribution in [-0.2, 0) is 0 Å². The highest BCUT2D eigenvalue weighted by atomic mass is 31.0. The molecular weight excluding hydrogens is 133 g/mol. The number of rotatable bonds is 0. The zero-order valence-electron chi connectivity index (χ0n) is 5.16. The van der Waals surface area contributed by atoms with E-state index < -0.39 is 0 Å². The Bertz CT molecular complexity index is 243. The molecule has 2 nitrogen and oxygen atoms in total. The van der Waals surface area contributed by atoms with E-state index >= 15 is 0 Å². The van der Waals surface area contributed by atoms with Gasteiger partial charge >= 0.3 is 0 Å². The van der Waals surface area contributed by atoms with Gasteiger partial charge in [-0.15, -0.1) is 0 Å². The molecule has 1 aromatic heterocycles. The second-order valence-corrected chi connectivity index (χ2v) is 2.46. The van der Waals surface area contributed by atoms with Crippen molar-refractivity contribution in [3.63, 3.8) is 0 Å². The van der Waals surface area contributed by atoms with Crippen molar-refractivity contribution in [2.24, 2.45) is 0 Å². The van der Waals surface area contributed by atoms with E-state index in [0.717, 1.165) is 5.56 Å². The van der Waals surface area contributed by atoms with E-state index in [1.165, 1.54) is 4.34 Å². The molecule has 0 bridgehead atoms. The van der Waals surface area contributed by atoms with E-state index in [2.05, 4.69) is 9.39 Å². The van der Waals surface area contributed by atoms with E-state index in [-0.39, 0.29) is 5.56 Å². The predicted molar refractivity (Wildman–Crippen MR) is 40.5 cm³/mol. The van der Waals surface area contributed by atoms with Crippen molar-refractivity contribution in [1.29, 1.82) is 0 Å². The third-order valence-electron chi connectivity index (χ3n) is 1.16. The van der Waals surface area contributed by atoms with Crippen LogP contribution >= 0.6 is 9.39 Å². The molecule has 0 spiro atoms. The van der Waals surface area contributed by atoms with Gasteiger partial charge in [-0.2, -0.15) is 0 Å². The molecule has 9 heavy (non-hydrogen) atoms. The molecule has 1 rings (SSSR count). The molecule has 48 valence electrons. The molecule has 0 N–H and O–H groups in total. The maximum atomic E-state index is 10.9. The van der Waals surface area contributed by atoms with Gasteiger partial charge in [0.1, 0.15) is 0 Å². The minimum Gasteiger partial charge on any atom is -0.300 e. The average Bonchev–Trinajstić information content (AvgIpc) is 1.83. The van der Waals surface area contributed by atoms with Gasteiger partial charge in [0, 0.05) is 11.8 Å². The van der Waals surface area contributed by atoms with E-state index in [4.69, 9.17) is 0 Å². The molecule has 0 saturated heterocycles. The zero-order chi connectivity index (χ0) is 6.85. The smallest absolute Gasteiger partial charge is 0.256 e. The van der Waals surface area contributed by atoms with Crippen LogP contribution < -0.4 is 5.56 Å². The second-order valence-electron chi connectivity index (χ2n) is 1.90. The molecule has 3 heteroatoms. The first kappa shape index (κ1) is 6.50. The molecule has 0 aliphatic heterocycles. The molecule has 0 radical (unpaired) electrons.